The number of aliphatic hydroxyl groups is 1. The molecular weight excluding hydrogens is 256 g/mol. The van der Waals surface area contributed by atoms with Crippen molar-refractivity contribution in [2.45, 2.75) is 77.7 Å². The van der Waals surface area contributed by atoms with E-state index in [9.17, 15) is 5.11 Å². The summed E-state index contributed by atoms with van der Waals surface area (Å²) >= 11 is 0. The van der Waals surface area contributed by atoms with Crippen molar-refractivity contribution < 1.29 is 5.11 Å². The zero-order chi connectivity index (χ0) is 15.1. The van der Waals surface area contributed by atoms with Gasteiger partial charge in [-0.15, -0.1) is 0 Å². The van der Waals surface area contributed by atoms with Crippen LogP contribution in [0.4, 0.5) is 0 Å². The van der Waals surface area contributed by atoms with Crippen LogP contribution in [0.25, 0.3) is 0 Å². The van der Waals surface area contributed by atoms with Gasteiger partial charge in [0.05, 0.1) is 5.60 Å². The molecule has 0 radical (unpaired) electrons. The quantitative estimate of drug-likeness (QED) is 0.836. The van der Waals surface area contributed by atoms with Crippen molar-refractivity contribution in [3.05, 3.63) is 34.9 Å². The summed E-state index contributed by atoms with van der Waals surface area (Å²) in [6.07, 6.45) is 9.18. The number of benzene rings is 1. The van der Waals surface area contributed by atoms with Crippen molar-refractivity contribution in [1.82, 2.24) is 0 Å². The second-order valence-electron chi connectivity index (χ2n) is 8.40. The van der Waals surface area contributed by atoms with Gasteiger partial charge in [0, 0.05) is 6.42 Å². The monoisotopic (exact) mass is 286 g/mol. The van der Waals surface area contributed by atoms with Gasteiger partial charge in [-0.2, -0.15) is 0 Å². The molecule has 2 unspecified atom stereocenters. The lowest BCUT2D eigenvalue weighted by atomic mass is 9.62. The molecular formula is C20H30O. The van der Waals surface area contributed by atoms with Gasteiger partial charge >= 0.3 is 0 Å². The molecule has 0 aromatic heterocycles. The zero-order valence-electron chi connectivity index (χ0n) is 13.9. The molecule has 1 nitrogen and oxygen atoms in total. The molecule has 0 aliphatic heterocycles. The van der Waals surface area contributed by atoms with E-state index in [1.54, 1.807) is 0 Å². The predicted octanol–water partition coefficient (Wildman–Crippen LogP) is 4.69. The molecule has 21 heavy (non-hydrogen) atoms. The van der Waals surface area contributed by atoms with Crippen LogP contribution < -0.4 is 0 Å². The van der Waals surface area contributed by atoms with Crippen LogP contribution in [0.15, 0.2) is 18.2 Å². The van der Waals surface area contributed by atoms with Crippen LogP contribution in [-0.4, -0.2) is 10.7 Å². The smallest absolute Gasteiger partial charge is 0.0720 e. The van der Waals surface area contributed by atoms with Crippen molar-refractivity contribution in [1.29, 1.82) is 0 Å². The van der Waals surface area contributed by atoms with E-state index < -0.39 is 5.60 Å². The first kappa shape index (κ1) is 15.1. The van der Waals surface area contributed by atoms with Crippen LogP contribution in [0.3, 0.4) is 0 Å². The Bertz CT molecular complexity index is 511. The van der Waals surface area contributed by atoms with E-state index in [1.807, 2.05) is 0 Å². The molecule has 1 aromatic rings. The van der Waals surface area contributed by atoms with Crippen molar-refractivity contribution in [2.75, 3.05) is 0 Å². The SMILES string of the molecule is CC(C)(C)C1CCCCC1(O)Cc1ccc2c(c1)CCC2. The molecule has 0 bridgehead atoms. The summed E-state index contributed by atoms with van der Waals surface area (Å²) < 4.78 is 0. The molecule has 2 aliphatic carbocycles. The fourth-order valence-corrected chi connectivity index (χ4v) is 4.76. The standard InChI is InChI=1S/C20H30O/c1-19(2,3)18-9-4-5-12-20(18,21)14-15-10-11-16-7-6-8-17(16)13-15/h10-11,13,18,21H,4-9,12,14H2,1-3H3. The van der Waals surface area contributed by atoms with E-state index in [-0.39, 0.29) is 5.41 Å². The molecule has 0 heterocycles. The van der Waals surface area contributed by atoms with Gasteiger partial charge in [0.2, 0.25) is 0 Å². The Morgan fingerprint density at radius 3 is 2.62 bits per heavy atom. The maximum Gasteiger partial charge on any atom is 0.0720 e. The molecule has 3 rings (SSSR count). The predicted molar refractivity (Wildman–Crippen MR) is 88.5 cm³/mol. The first-order valence-corrected chi connectivity index (χ1v) is 8.72. The van der Waals surface area contributed by atoms with Crippen molar-refractivity contribution in [3.8, 4) is 0 Å². The molecule has 0 saturated heterocycles. The highest BCUT2D eigenvalue weighted by molar-refractivity contribution is 5.36. The molecule has 1 fully saturated rings. The highest BCUT2D eigenvalue weighted by Gasteiger charge is 2.44. The lowest BCUT2D eigenvalue weighted by Gasteiger charge is -2.47. The minimum absolute atomic E-state index is 0.186. The molecule has 0 spiro atoms. The third-order valence-corrected chi connectivity index (χ3v) is 5.72. The van der Waals surface area contributed by atoms with E-state index in [0.717, 1.165) is 12.8 Å². The Morgan fingerprint density at radius 1 is 1.10 bits per heavy atom. The largest absolute Gasteiger partial charge is 0.389 e. The molecule has 116 valence electrons. The summed E-state index contributed by atoms with van der Waals surface area (Å²) in [7, 11) is 0. The van der Waals surface area contributed by atoms with E-state index in [4.69, 9.17) is 0 Å². The summed E-state index contributed by atoms with van der Waals surface area (Å²) in [6, 6.07) is 6.93. The summed E-state index contributed by atoms with van der Waals surface area (Å²) in [4.78, 5) is 0. The Hall–Kier alpha value is -0.820. The van der Waals surface area contributed by atoms with Crippen molar-refractivity contribution in [2.24, 2.45) is 11.3 Å². The molecule has 1 N–H and O–H groups in total. The third kappa shape index (κ3) is 3.04. The van der Waals surface area contributed by atoms with Gasteiger partial charge < -0.3 is 5.11 Å². The Labute approximate surface area is 129 Å². The van der Waals surface area contributed by atoms with Gasteiger partial charge in [-0.05, 0) is 60.1 Å². The van der Waals surface area contributed by atoms with Gasteiger partial charge in [-0.3, -0.25) is 0 Å². The highest BCUT2D eigenvalue weighted by Crippen LogP contribution is 2.46. The summed E-state index contributed by atoms with van der Waals surface area (Å²) in [5.74, 6) is 0.409. The average molecular weight is 286 g/mol. The second kappa shape index (κ2) is 5.43. The summed E-state index contributed by atoms with van der Waals surface area (Å²) in [5.41, 5.74) is 4.07. The van der Waals surface area contributed by atoms with Crippen LogP contribution in [0, 0.1) is 11.3 Å². The maximum atomic E-state index is 11.4. The van der Waals surface area contributed by atoms with E-state index in [0.29, 0.717) is 5.92 Å². The fourth-order valence-electron chi connectivity index (χ4n) is 4.76. The third-order valence-electron chi connectivity index (χ3n) is 5.72. The molecule has 2 aliphatic rings. The molecule has 1 saturated carbocycles. The fraction of sp³-hybridized carbons (Fsp3) is 0.700. The number of hydrogen-bond acceptors (Lipinski definition) is 1. The number of hydrogen-bond donors (Lipinski definition) is 1. The Morgan fingerprint density at radius 2 is 1.86 bits per heavy atom. The first-order valence-electron chi connectivity index (χ1n) is 8.72. The molecule has 2 atom stereocenters. The second-order valence-corrected chi connectivity index (χ2v) is 8.40. The minimum atomic E-state index is -0.511. The topological polar surface area (TPSA) is 20.2 Å². The summed E-state index contributed by atoms with van der Waals surface area (Å²) in [5, 5.41) is 11.4. The van der Waals surface area contributed by atoms with E-state index >= 15 is 0 Å². The average Bonchev–Trinajstić information content (AvgIpc) is 2.84. The van der Waals surface area contributed by atoms with E-state index in [1.165, 1.54) is 55.2 Å². The van der Waals surface area contributed by atoms with Crippen LogP contribution in [-0.2, 0) is 19.3 Å². The van der Waals surface area contributed by atoms with Crippen LogP contribution >= 0.6 is 0 Å². The minimum Gasteiger partial charge on any atom is -0.389 e. The van der Waals surface area contributed by atoms with Crippen molar-refractivity contribution in [3.63, 3.8) is 0 Å². The highest BCUT2D eigenvalue weighted by atomic mass is 16.3. The lowest BCUT2D eigenvalue weighted by Crippen LogP contribution is -2.48. The number of aryl methyl sites for hydroxylation is 2. The normalized spacial score (nSPS) is 29.4. The maximum absolute atomic E-state index is 11.4. The van der Waals surface area contributed by atoms with Gasteiger partial charge in [0.25, 0.3) is 0 Å². The first-order chi connectivity index (χ1) is 9.88. The Balaban J connectivity index is 1.84. The van der Waals surface area contributed by atoms with Crippen LogP contribution in [0.1, 0.15) is 69.6 Å². The summed E-state index contributed by atoms with van der Waals surface area (Å²) in [6.45, 7) is 6.87. The van der Waals surface area contributed by atoms with Crippen molar-refractivity contribution >= 4 is 0 Å². The molecule has 1 aromatic carbocycles. The van der Waals surface area contributed by atoms with Crippen LogP contribution in [0.2, 0.25) is 0 Å². The number of fused-ring (bicyclic) bond motifs is 1. The van der Waals surface area contributed by atoms with E-state index in [2.05, 4.69) is 39.0 Å². The van der Waals surface area contributed by atoms with Gasteiger partial charge in [-0.1, -0.05) is 51.8 Å². The lowest BCUT2D eigenvalue weighted by molar-refractivity contribution is -0.0889. The zero-order valence-corrected chi connectivity index (χ0v) is 13.9. The Kier molecular flexibility index (Phi) is 3.90. The molecule has 0 amide bonds. The van der Waals surface area contributed by atoms with Gasteiger partial charge in [-0.25, -0.2) is 0 Å². The van der Waals surface area contributed by atoms with Crippen LogP contribution in [0.5, 0.6) is 0 Å². The molecule has 1 heteroatoms. The van der Waals surface area contributed by atoms with Gasteiger partial charge in [0.15, 0.2) is 0 Å². The van der Waals surface area contributed by atoms with Gasteiger partial charge in [0.1, 0.15) is 0 Å². The number of rotatable bonds is 2.